The molecule has 15 heavy (non-hydrogen) atoms. The molecule has 3 atom stereocenters. The van der Waals surface area contributed by atoms with E-state index in [4.69, 9.17) is 0 Å². The molecule has 0 saturated carbocycles. The van der Waals surface area contributed by atoms with Crippen molar-refractivity contribution in [1.29, 1.82) is 0 Å². The number of nitrogens with zero attached hydrogens (tertiary/aromatic N) is 1. The molecule has 0 bridgehead atoms. The summed E-state index contributed by atoms with van der Waals surface area (Å²) in [7, 11) is 0. The van der Waals surface area contributed by atoms with Gasteiger partial charge in [0.25, 0.3) is 0 Å². The number of hydrogen-bond acceptors (Lipinski definition) is 2. The van der Waals surface area contributed by atoms with Gasteiger partial charge in [-0.2, -0.15) is 0 Å². The summed E-state index contributed by atoms with van der Waals surface area (Å²) >= 11 is 0. The molecule has 1 saturated heterocycles. The fraction of sp³-hybridized carbons (Fsp3) is 0.846. The van der Waals surface area contributed by atoms with E-state index in [1.165, 1.54) is 13.0 Å². The SMILES string of the molecule is C/C=C/CN1CC(C)NCC1C(C)CC. The fourth-order valence-corrected chi connectivity index (χ4v) is 2.29. The van der Waals surface area contributed by atoms with E-state index in [9.17, 15) is 0 Å². The zero-order valence-electron chi connectivity index (χ0n) is 10.7. The lowest BCUT2D eigenvalue weighted by atomic mass is 9.95. The molecule has 2 nitrogen and oxygen atoms in total. The first-order chi connectivity index (χ1) is 7.19. The van der Waals surface area contributed by atoms with E-state index in [2.05, 4.69) is 50.1 Å². The molecular formula is C13H26N2. The van der Waals surface area contributed by atoms with Crippen LogP contribution in [0.5, 0.6) is 0 Å². The molecule has 1 rings (SSSR count). The van der Waals surface area contributed by atoms with Crippen LogP contribution < -0.4 is 5.32 Å². The van der Waals surface area contributed by atoms with Crippen molar-refractivity contribution in [2.75, 3.05) is 19.6 Å². The molecular weight excluding hydrogens is 184 g/mol. The van der Waals surface area contributed by atoms with Crippen LogP contribution in [0.2, 0.25) is 0 Å². The van der Waals surface area contributed by atoms with Crippen LogP contribution in [0.15, 0.2) is 12.2 Å². The Bertz CT molecular complexity index is 201. The summed E-state index contributed by atoms with van der Waals surface area (Å²) in [6.07, 6.45) is 5.70. The highest BCUT2D eigenvalue weighted by molar-refractivity contribution is 4.91. The molecule has 1 aliphatic heterocycles. The zero-order valence-corrected chi connectivity index (χ0v) is 10.7. The molecule has 1 N–H and O–H groups in total. The standard InChI is InChI=1S/C13H26N2/c1-5-7-8-15-10-12(4)14-9-13(15)11(3)6-2/h5,7,11-14H,6,8-10H2,1-4H3/b7-5+. The molecule has 0 amide bonds. The summed E-state index contributed by atoms with van der Waals surface area (Å²) in [5.41, 5.74) is 0. The maximum Gasteiger partial charge on any atom is 0.0250 e. The van der Waals surface area contributed by atoms with Crippen molar-refractivity contribution in [1.82, 2.24) is 10.2 Å². The van der Waals surface area contributed by atoms with Gasteiger partial charge >= 0.3 is 0 Å². The maximum atomic E-state index is 3.59. The summed E-state index contributed by atoms with van der Waals surface area (Å²) in [5.74, 6) is 0.787. The number of hydrogen-bond donors (Lipinski definition) is 1. The van der Waals surface area contributed by atoms with Gasteiger partial charge in [0.2, 0.25) is 0 Å². The summed E-state index contributed by atoms with van der Waals surface area (Å²) in [5, 5.41) is 3.59. The molecule has 2 heteroatoms. The second-order valence-corrected chi connectivity index (χ2v) is 4.79. The lowest BCUT2D eigenvalue weighted by Gasteiger charge is -2.41. The van der Waals surface area contributed by atoms with Crippen LogP contribution >= 0.6 is 0 Å². The Morgan fingerprint density at radius 2 is 2.27 bits per heavy atom. The minimum absolute atomic E-state index is 0.635. The summed E-state index contributed by atoms with van der Waals surface area (Å²) in [6, 6.07) is 1.35. The Morgan fingerprint density at radius 1 is 1.53 bits per heavy atom. The first-order valence-electron chi connectivity index (χ1n) is 6.27. The third kappa shape index (κ3) is 3.62. The van der Waals surface area contributed by atoms with E-state index >= 15 is 0 Å². The highest BCUT2D eigenvalue weighted by Gasteiger charge is 2.27. The smallest absolute Gasteiger partial charge is 0.0250 e. The van der Waals surface area contributed by atoms with E-state index in [0.29, 0.717) is 12.1 Å². The molecule has 0 aromatic heterocycles. The van der Waals surface area contributed by atoms with Gasteiger partial charge in [-0.25, -0.2) is 0 Å². The monoisotopic (exact) mass is 210 g/mol. The number of allylic oxidation sites excluding steroid dienone is 1. The molecule has 0 spiro atoms. The summed E-state index contributed by atoms with van der Waals surface area (Å²) < 4.78 is 0. The van der Waals surface area contributed by atoms with E-state index in [0.717, 1.165) is 19.0 Å². The van der Waals surface area contributed by atoms with Crippen molar-refractivity contribution < 1.29 is 0 Å². The van der Waals surface area contributed by atoms with Crippen LogP contribution in [0.4, 0.5) is 0 Å². The van der Waals surface area contributed by atoms with Crippen molar-refractivity contribution in [3.63, 3.8) is 0 Å². The van der Waals surface area contributed by atoms with E-state index < -0.39 is 0 Å². The molecule has 0 aromatic carbocycles. The second-order valence-electron chi connectivity index (χ2n) is 4.79. The van der Waals surface area contributed by atoms with Crippen molar-refractivity contribution in [3.8, 4) is 0 Å². The molecule has 0 radical (unpaired) electrons. The molecule has 3 unspecified atom stereocenters. The van der Waals surface area contributed by atoms with E-state index in [-0.39, 0.29) is 0 Å². The van der Waals surface area contributed by atoms with E-state index in [1.54, 1.807) is 0 Å². The number of rotatable bonds is 4. The van der Waals surface area contributed by atoms with Crippen LogP contribution in [0.25, 0.3) is 0 Å². The van der Waals surface area contributed by atoms with Crippen LogP contribution in [-0.2, 0) is 0 Å². The highest BCUT2D eigenvalue weighted by Crippen LogP contribution is 2.17. The Balaban J connectivity index is 2.57. The van der Waals surface area contributed by atoms with Gasteiger partial charge in [-0.1, -0.05) is 32.4 Å². The van der Waals surface area contributed by atoms with Gasteiger partial charge in [-0.15, -0.1) is 0 Å². The molecule has 1 fully saturated rings. The third-order valence-electron chi connectivity index (χ3n) is 3.53. The first kappa shape index (κ1) is 12.7. The lowest BCUT2D eigenvalue weighted by Crippen LogP contribution is -2.57. The van der Waals surface area contributed by atoms with Crippen molar-refractivity contribution in [2.45, 2.75) is 46.2 Å². The summed E-state index contributed by atoms with van der Waals surface area (Å²) in [6.45, 7) is 12.5. The molecule has 0 aromatic rings. The molecule has 1 heterocycles. The molecule has 88 valence electrons. The fourth-order valence-electron chi connectivity index (χ4n) is 2.29. The van der Waals surface area contributed by atoms with Crippen molar-refractivity contribution >= 4 is 0 Å². The predicted octanol–water partition coefficient (Wildman–Crippen LogP) is 2.27. The maximum absolute atomic E-state index is 3.59. The van der Waals surface area contributed by atoms with Crippen LogP contribution in [0, 0.1) is 5.92 Å². The van der Waals surface area contributed by atoms with Crippen molar-refractivity contribution in [3.05, 3.63) is 12.2 Å². The van der Waals surface area contributed by atoms with Gasteiger partial charge in [0.15, 0.2) is 0 Å². The zero-order chi connectivity index (χ0) is 11.3. The van der Waals surface area contributed by atoms with Gasteiger partial charge in [0, 0.05) is 31.7 Å². The average Bonchev–Trinajstić information content (AvgIpc) is 2.25. The first-order valence-corrected chi connectivity index (χ1v) is 6.27. The summed E-state index contributed by atoms with van der Waals surface area (Å²) in [4.78, 5) is 2.62. The average molecular weight is 210 g/mol. The quantitative estimate of drug-likeness (QED) is 0.716. The minimum atomic E-state index is 0.635. The van der Waals surface area contributed by atoms with Gasteiger partial charge in [-0.3, -0.25) is 4.90 Å². The van der Waals surface area contributed by atoms with Gasteiger partial charge in [0.1, 0.15) is 0 Å². The van der Waals surface area contributed by atoms with Gasteiger partial charge in [-0.05, 0) is 19.8 Å². The largest absolute Gasteiger partial charge is 0.311 e. The lowest BCUT2D eigenvalue weighted by molar-refractivity contribution is 0.108. The Morgan fingerprint density at radius 3 is 2.87 bits per heavy atom. The molecule has 1 aliphatic rings. The normalized spacial score (nSPS) is 30.9. The Labute approximate surface area is 94.7 Å². The van der Waals surface area contributed by atoms with Crippen LogP contribution in [0.3, 0.4) is 0 Å². The Hall–Kier alpha value is -0.340. The van der Waals surface area contributed by atoms with Gasteiger partial charge in [0.05, 0.1) is 0 Å². The van der Waals surface area contributed by atoms with Crippen molar-refractivity contribution in [2.24, 2.45) is 5.92 Å². The number of nitrogens with one attached hydrogen (secondary N) is 1. The highest BCUT2D eigenvalue weighted by atomic mass is 15.2. The van der Waals surface area contributed by atoms with Crippen LogP contribution in [-0.4, -0.2) is 36.6 Å². The van der Waals surface area contributed by atoms with Gasteiger partial charge < -0.3 is 5.32 Å². The third-order valence-corrected chi connectivity index (χ3v) is 3.53. The Kier molecular flexibility index (Phi) is 5.34. The topological polar surface area (TPSA) is 15.3 Å². The predicted molar refractivity (Wildman–Crippen MR) is 67.1 cm³/mol. The van der Waals surface area contributed by atoms with E-state index in [1.807, 2.05) is 0 Å². The van der Waals surface area contributed by atoms with Crippen LogP contribution in [0.1, 0.15) is 34.1 Å². The number of piperazine rings is 1. The second kappa shape index (κ2) is 6.29. The molecule has 0 aliphatic carbocycles. The minimum Gasteiger partial charge on any atom is -0.311 e.